The molecule has 1 aliphatic rings. The van der Waals surface area contributed by atoms with E-state index in [1.165, 1.54) is 11.1 Å². The van der Waals surface area contributed by atoms with Crippen LogP contribution in [0.1, 0.15) is 45.8 Å². The monoisotopic (exact) mass is 382 g/mol. The van der Waals surface area contributed by atoms with Crippen molar-refractivity contribution in [2.24, 2.45) is 5.73 Å². The first kappa shape index (κ1) is 19.8. The van der Waals surface area contributed by atoms with E-state index in [0.29, 0.717) is 18.5 Å². The lowest BCUT2D eigenvalue weighted by molar-refractivity contribution is 0.0713. The van der Waals surface area contributed by atoms with Gasteiger partial charge in [-0.05, 0) is 66.7 Å². The van der Waals surface area contributed by atoms with Gasteiger partial charge in [-0.3, -0.25) is 4.79 Å². The maximum Gasteiger partial charge on any atom is 0.253 e. The van der Waals surface area contributed by atoms with Gasteiger partial charge >= 0.3 is 0 Å². The fourth-order valence-corrected chi connectivity index (χ4v) is 5.07. The number of carbonyl (C=O) groups excluding carboxylic acids is 1. The Balaban J connectivity index is 1.59. The molecular weight excluding hydrogens is 352 g/mol. The number of piperidine rings is 1. The molecule has 1 saturated heterocycles. The van der Waals surface area contributed by atoms with E-state index in [1.54, 1.807) is 0 Å². The number of benzene rings is 2. The molecule has 2 aromatic rings. The van der Waals surface area contributed by atoms with Crippen LogP contribution in [0.5, 0.6) is 0 Å². The van der Waals surface area contributed by atoms with Gasteiger partial charge in [0.15, 0.2) is 8.32 Å². The zero-order chi connectivity index (χ0) is 19.4. The maximum absolute atomic E-state index is 12.8. The number of amides is 1. The summed E-state index contributed by atoms with van der Waals surface area (Å²) in [5.41, 5.74) is 10.1. The third kappa shape index (κ3) is 5.28. The van der Waals surface area contributed by atoms with Crippen molar-refractivity contribution < 1.29 is 9.59 Å². The second-order valence-corrected chi connectivity index (χ2v) is 12.2. The zero-order valence-corrected chi connectivity index (χ0v) is 17.3. The second kappa shape index (κ2) is 8.38. The Kier molecular flexibility index (Phi) is 6.14. The minimum atomic E-state index is -2.12. The fourth-order valence-electron chi connectivity index (χ4n) is 3.84. The summed E-state index contributed by atoms with van der Waals surface area (Å²) < 4.78 is 0. The van der Waals surface area contributed by atoms with Crippen LogP contribution < -0.4 is 5.73 Å². The summed E-state index contributed by atoms with van der Waals surface area (Å²) in [6.07, 6.45) is 1.98. The largest absolute Gasteiger partial charge is 0.432 e. The van der Waals surface area contributed by atoms with Crippen LogP contribution in [0.2, 0.25) is 13.1 Å². The molecule has 1 aliphatic heterocycles. The normalized spacial score (nSPS) is 15.8. The lowest BCUT2D eigenvalue weighted by atomic mass is 9.88. The number of hydrogen-bond donors (Lipinski definition) is 2. The Labute approximate surface area is 163 Å². The number of hydrogen-bond acceptors (Lipinski definition) is 3. The van der Waals surface area contributed by atoms with E-state index >= 15 is 0 Å². The third-order valence-electron chi connectivity index (χ3n) is 5.28. The highest BCUT2D eigenvalue weighted by Crippen LogP contribution is 2.29. The molecule has 2 aromatic carbocycles. The van der Waals surface area contributed by atoms with Gasteiger partial charge in [-0.15, -0.1) is 0 Å². The summed E-state index contributed by atoms with van der Waals surface area (Å²) in [5.74, 6) is 0.607. The summed E-state index contributed by atoms with van der Waals surface area (Å²) in [5, 5.41) is 0. The van der Waals surface area contributed by atoms with Crippen LogP contribution in [-0.2, 0) is 12.6 Å². The number of nitrogens with zero attached hydrogens (tertiary/aromatic N) is 1. The van der Waals surface area contributed by atoms with Crippen molar-refractivity contribution in [3.8, 4) is 0 Å². The molecule has 1 fully saturated rings. The molecular formula is C22H30N2O2Si. The van der Waals surface area contributed by atoms with Gasteiger partial charge in [0, 0.05) is 25.2 Å². The molecule has 0 saturated carbocycles. The second-order valence-electron chi connectivity index (χ2n) is 8.20. The first-order valence-electron chi connectivity index (χ1n) is 9.75. The average Bonchev–Trinajstić information content (AvgIpc) is 2.67. The Morgan fingerprint density at radius 1 is 1.11 bits per heavy atom. The predicted octanol–water partition coefficient (Wildman–Crippen LogP) is 3.44. The van der Waals surface area contributed by atoms with Gasteiger partial charge in [0.1, 0.15) is 0 Å². The summed E-state index contributed by atoms with van der Waals surface area (Å²) in [7, 11) is -2.12. The fraction of sp³-hybridized carbons (Fsp3) is 0.409. The molecule has 5 heteroatoms. The lowest BCUT2D eigenvalue weighted by Gasteiger charge is -2.32. The molecule has 0 aromatic heterocycles. The Bertz CT molecular complexity index is 776. The van der Waals surface area contributed by atoms with Gasteiger partial charge < -0.3 is 15.4 Å². The third-order valence-corrected chi connectivity index (χ3v) is 6.55. The van der Waals surface area contributed by atoms with Crippen molar-refractivity contribution >= 4 is 14.2 Å². The van der Waals surface area contributed by atoms with Crippen LogP contribution in [0.4, 0.5) is 0 Å². The molecule has 1 amide bonds. The van der Waals surface area contributed by atoms with E-state index in [-0.39, 0.29) is 5.91 Å². The molecule has 144 valence electrons. The number of likely N-dealkylation sites (tertiary alicyclic amines) is 1. The van der Waals surface area contributed by atoms with E-state index in [1.807, 2.05) is 42.3 Å². The van der Waals surface area contributed by atoms with Crippen LogP contribution in [0.3, 0.4) is 0 Å². The molecule has 0 radical (unpaired) electrons. The minimum absolute atomic E-state index is 0.108. The molecule has 1 heterocycles. The van der Waals surface area contributed by atoms with E-state index in [2.05, 4.69) is 24.3 Å². The van der Waals surface area contributed by atoms with Crippen LogP contribution in [0.15, 0.2) is 48.5 Å². The molecule has 0 aliphatic carbocycles. The van der Waals surface area contributed by atoms with Crippen molar-refractivity contribution in [1.29, 1.82) is 0 Å². The summed E-state index contributed by atoms with van der Waals surface area (Å²) in [4.78, 5) is 24.8. The summed E-state index contributed by atoms with van der Waals surface area (Å²) in [6, 6.07) is 17.0. The summed E-state index contributed by atoms with van der Waals surface area (Å²) in [6.45, 7) is 6.00. The lowest BCUT2D eigenvalue weighted by Crippen LogP contribution is -2.38. The molecule has 0 atom stereocenters. The Hall–Kier alpha value is -1.95. The van der Waals surface area contributed by atoms with E-state index in [4.69, 9.17) is 5.73 Å². The smallest absolute Gasteiger partial charge is 0.253 e. The topological polar surface area (TPSA) is 66.6 Å². The van der Waals surface area contributed by atoms with Crippen molar-refractivity contribution in [3.05, 3.63) is 70.8 Å². The number of rotatable bonds is 5. The van der Waals surface area contributed by atoms with Gasteiger partial charge in [0.25, 0.3) is 5.91 Å². The van der Waals surface area contributed by atoms with E-state index < -0.39 is 8.32 Å². The molecule has 3 N–H and O–H groups in total. The molecule has 0 unspecified atom stereocenters. The minimum Gasteiger partial charge on any atom is -0.432 e. The number of carbonyl (C=O) groups is 1. The standard InChI is InChI=1S/C22H30N2O2Si/c1-27(2,26)16-17-6-8-20(9-7-17)22(25)24-12-10-19(11-13-24)21-5-3-4-18(14-21)15-23/h3-9,14,19,26H,10-13,15-16,23H2,1-2H3. The molecule has 4 nitrogen and oxygen atoms in total. The first-order chi connectivity index (χ1) is 12.9. The van der Waals surface area contributed by atoms with Gasteiger partial charge in [0.05, 0.1) is 0 Å². The van der Waals surface area contributed by atoms with Crippen molar-refractivity contribution in [2.45, 2.75) is 44.4 Å². The zero-order valence-electron chi connectivity index (χ0n) is 16.3. The van der Waals surface area contributed by atoms with Crippen LogP contribution in [0, 0.1) is 0 Å². The predicted molar refractivity (Wildman–Crippen MR) is 112 cm³/mol. The van der Waals surface area contributed by atoms with Gasteiger partial charge in [-0.1, -0.05) is 36.4 Å². The molecule has 27 heavy (non-hydrogen) atoms. The quantitative estimate of drug-likeness (QED) is 0.779. The van der Waals surface area contributed by atoms with Crippen molar-refractivity contribution in [3.63, 3.8) is 0 Å². The molecule has 3 rings (SSSR count). The Morgan fingerprint density at radius 2 is 1.78 bits per heavy atom. The number of nitrogens with two attached hydrogens (primary N) is 1. The van der Waals surface area contributed by atoms with Crippen molar-refractivity contribution in [2.75, 3.05) is 13.1 Å². The first-order valence-corrected chi connectivity index (χ1v) is 12.9. The van der Waals surface area contributed by atoms with E-state index in [0.717, 1.165) is 37.1 Å². The molecule has 0 bridgehead atoms. The molecule has 0 spiro atoms. The van der Waals surface area contributed by atoms with E-state index in [9.17, 15) is 9.59 Å². The van der Waals surface area contributed by atoms with Gasteiger partial charge in [-0.2, -0.15) is 0 Å². The average molecular weight is 383 g/mol. The van der Waals surface area contributed by atoms with Crippen LogP contribution >= 0.6 is 0 Å². The van der Waals surface area contributed by atoms with Gasteiger partial charge in [0.2, 0.25) is 0 Å². The highest BCUT2D eigenvalue weighted by Gasteiger charge is 2.25. The van der Waals surface area contributed by atoms with Crippen LogP contribution in [-0.4, -0.2) is 37.0 Å². The Morgan fingerprint density at radius 3 is 2.37 bits per heavy atom. The summed E-state index contributed by atoms with van der Waals surface area (Å²) >= 11 is 0. The highest BCUT2D eigenvalue weighted by atomic mass is 28.4. The van der Waals surface area contributed by atoms with Crippen LogP contribution in [0.25, 0.3) is 0 Å². The SMILES string of the molecule is C[Si](C)(O)Cc1ccc(C(=O)N2CCC(c3cccc(CN)c3)CC2)cc1. The highest BCUT2D eigenvalue weighted by molar-refractivity contribution is 6.69. The maximum atomic E-state index is 12.8. The van der Waals surface area contributed by atoms with Gasteiger partial charge in [-0.25, -0.2) is 0 Å². The van der Waals surface area contributed by atoms with Crippen molar-refractivity contribution in [1.82, 2.24) is 4.90 Å².